The summed E-state index contributed by atoms with van der Waals surface area (Å²) in [6.45, 7) is 5.67. The first-order valence-corrected chi connectivity index (χ1v) is 15.5. The number of ether oxygens (including phenoxy) is 2. The number of imidazole rings is 1. The van der Waals surface area contributed by atoms with Crippen LogP contribution in [0.2, 0.25) is 0 Å². The van der Waals surface area contributed by atoms with Gasteiger partial charge in [-0.25, -0.2) is 4.98 Å². The van der Waals surface area contributed by atoms with Crippen molar-refractivity contribution in [3.63, 3.8) is 0 Å². The number of hydrogen-bond acceptors (Lipinski definition) is 6. The van der Waals surface area contributed by atoms with Crippen LogP contribution in [0.15, 0.2) is 36.4 Å². The number of fused-ring (bicyclic) bond motifs is 4. The fourth-order valence-electron chi connectivity index (χ4n) is 8.17. The molecule has 9 nitrogen and oxygen atoms in total. The molecule has 1 amide bonds. The van der Waals surface area contributed by atoms with Crippen molar-refractivity contribution >= 4 is 33.5 Å². The van der Waals surface area contributed by atoms with Crippen LogP contribution >= 0.6 is 0 Å². The maximum atomic E-state index is 13.7. The quantitative estimate of drug-likeness (QED) is 0.379. The number of methoxy groups -OCH3 is 1. The summed E-state index contributed by atoms with van der Waals surface area (Å²) >= 11 is 0. The number of carbonyl (C=O) groups is 1. The van der Waals surface area contributed by atoms with Gasteiger partial charge in [0.15, 0.2) is 5.82 Å². The molecule has 2 N–H and O–H groups in total. The molecule has 2 aliphatic carbocycles. The monoisotopic (exact) mass is 566 g/mol. The molecule has 42 heavy (non-hydrogen) atoms. The number of aryl methyl sites for hydroxylation is 1. The van der Waals surface area contributed by atoms with Crippen molar-refractivity contribution in [2.24, 2.45) is 30.0 Å². The Labute approximate surface area is 245 Å². The second kappa shape index (κ2) is 8.74. The Kier molecular flexibility index (Phi) is 5.20. The van der Waals surface area contributed by atoms with E-state index in [2.05, 4.69) is 45.3 Å². The Morgan fingerprint density at radius 3 is 2.62 bits per heavy atom. The molecule has 9 heteroatoms. The highest BCUT2D eigenvalue weighted by Crippen LogP contribution is 2.43. The third-order valence-electron chi connectivity index (χ3n) is 10.8. The van der Waals surface area contributed by atoms with Gasteiger partial charge in [-0.3, -0.25) is 4.79 Å². The minimum Gasteiger partial charge on any atom is -0.494 e. The molecule has 2 unspecified atom stereocenters. The Hall–Kier alpha value is -3.56. The molecule has 2 bridgehead atoms. The third-order valence-corrected chi connectivity index (χ3v) is 10.8. The lowest BCUT2D eigenvalue weighted by Gasteiger charge is -2.56. The van der Waals surface area contributed by atoms with E-state index in [-0.39, 0.29) is 18.0 Å². The lowest BCUT2D eigenvalue weighted by molar-refractivity contribution is -0.127. The highest BCUT2D eigenvalue weighted by Gasteiger charge is 2.49. The summed E-state index contributed by atoms with van der Waals surface area (Å²) in [5, 5.41) is 1.23. The summed E-state index contributed by atoms with van der Waals surface area (Å²) in [6.07, 6.45) is 4.66. The molecule has 5 fully saturated rings. The van der Waals surface area contributed by atoms with Crippen LogP contribution in [0.1, 0.15) is 36.0 Å². The van der Waals surface area contributed by atoms with E-state index in [9.17, 15) is 4.79 Å². The first-order valence-electron chi connectivity index (χ1n) is 15.5. The van der Waals surface area contributed by atoms with Gasteiger partial charge in [0.05, 0.1) is 42.5 Å². The van der Waals surface area contributed by atoms with E-state index in [0.29, 0.717) is 28.6 Å². The predicted molar refractivity (Wildman–Crippen MR) is 162 cm³/mol. The fraction of sp³-hybridized carbons (Fsp3) is 0.515. The van der Waals surface area contributed by atoms with Gasteiger partial charge in [-0.05, 0) is 67.9 Å². The average Bonchev–Trinajstić information content (AvgIpc) is 3.35. The number of nitrogens with zero attached hydrogens (tertiary/aromatic N) is 5. The lowest BCUT2D eigenvalue weighted by atomic mass is 9.78. The van der Waals surface area contributed by atoms with Crippen LogP contribution in [-0.4, -0.2) is 77.0 Å². The Morgan fingerprint density at radius 2 is 1.95 bits per heavy atom. The topological polar surface area (TPSA) is 90.8 Å². The van der Waals surface area contributed by atoms with Gasteiger partial charge in [-0.15, -0.1) is 0 Å². The van der Waals surface area contributed by atoms with Crippen LogP contribution in [0.3, 0.4) is 0 Å². The van der Waals surface area contributed by atoms with Crippen LogP contribution in [0.4, 0.5) is 5.69 Å². The first-order chi connectivity index (χ1) is 20.4. The molecule has 1 spiro atoms. The van der Waals surface area contributed by atoms with Crippen molar-refractivity contribution < 1.29 is 14.3 Å². The molecule has 3 aliphatic heterocycles. The summed E-state index contributed by atoms with van der Waals surface area (Å²) in [5.41, 5.74) is 12.8. The summed E-state index contributed by atoms with van der Waals surface area (Å²) in [5.74, 6) is 2.71. The smallest absolute Gasteiger partial charge is 0.254 e. The van der Waals surface area contributed by atoms with Crippen molar-refractivity contribution in [2.45, 2.75) is 44.3 Å². The molecule has 0 radical (unpaired) electrons. The molecule has 9 rings (SSSR count). The SMILES string of the molecule is COc1cc(C(=O)N2CC3CCC2[C@@H]3N)cc2nc(-c3cc4ccc(N5CC6(COC6)C5)cc4n3CC3CC3)n(C)c12. The first kappa shape index (κ1) is 25.0. The minimum absolute atomic E-state index is 0.0293. The standard InChI is InChI=1S/C33H38N6O3/c1-36-30-24(9-22(11-28(30)41-2)32(40)39-14-21-6-8-25(39)29(21)34)35-31(36)27-10-20-5-7-23(37-15-33(16-37)17-42-18-33)12-26(20)38(27)13-19-3-4-19/h5,7,9-12,19,21,25,29H,3-4,6,8,13-18,34H2,1-2H3/t21?,25?,29-/m1/s1. The van der Waals surface area contributed by atoms with E-state index in [1.807, 2.05) is 17.0 Å². The van der Waals surface area contributed by atoms with Gasteiger partial charge in [0.2, 0.25) is 0 Å². The van der Waals surface area contributed by atoms with Crippen molar-refractivity contribution in [1.29, 1.82) is 0 Å². The molecule has 4 aromatic rings. The van der Waals surface area contributed by atoms with Gasteiger partial charge in [0.1, 0.15) is 11.3 Å². The number of hydrogen-bond donors (Lipinski definition) is 1. The summed E-state index contributed by atoms with van der Waals surface area (Å²) in [7, 11) is 3.72. The second-order valence-corrected chi connectivity index (χ2v) is 13.7. The zero-order chi connectivity index (χ0) is 28.3. The van der Waals surface area contributed by atoms with Crippen LogP contribution in [0.25, 0.3) is 33.5 Å². The predicted octanol–water partition coefficient (Wildman–Crippen LogP) is 4.01. The molecule has 2 aromatic heterocycles. The molecule has 5 aliphatic rings. The molecular weight excluding hydrogens is 528 g/mol. The molecule has 3 saturated heterocycles. The second-order valence-electron chi connectivity index (χ2n) is 13.7. The van der Waals surface area contributed by atoms with Crippen molar-refractivity contribution in [3.05, 3.63) is 42.0 Å². The normalized spacial score (nSPS) is 25.9. The van der Waals surface area contributed by atoms with Gasteiger partial charge < -0.3 is 34.1 Å². The third kappa shape index (κ3) is 3.56. The number of benzene rings is 2. The van der Waals surface area contributed by atoms with Gasteiger partial charge in [-0.2, -0.15) is 0 Å². The number of amides is 1. The molecule has 2 saturated carbocycles. The number of anilines is 1. The summed E-state index contributed by atoms with van der Waals surface area (Å²) < 4.78 is 16.0. The van der Waals surface area contributed by atoms with E-state index >= 15 is 0 Å². The van der Waals surface area contributed by atoms with Crippen LogP contribution in [-0.2, 0) is 18.3 Å². The molecule has 5 heterocycles. The summed E-state index contributed by atoms with van der Waals surface area (Å²) in [4.78, 5) is 23.3. The fourth-order valence-corrected chi connectivity index (χ4v) is 8.17. The average molecular weight is 567 g/mol. The number of piperidine rings is 1. The molecular formula is C33H38N6O3. The van der Waals surface area contributed by atoms with Crippen LogP contribution in [0, 0.1) is 17.3 Å². The van der Waals surface area contributed by atoms with Gasteiger partial charge in [0.25, 0.3) is 5.91 Å². The molecule has 2 aromatic carbocycles. The van der Waals surface area contributed by atoms with E-state index < -0.39 is 0 Å². The van der Waals surface area contributed by atoms with Crippen LogP contribution in [0.5, 0.6) is 5.75 Å². The number of carbonyl (C=O) groups excluding carboxylic acids is 1. The highest BCUT2D eigenvalue weighted by molar-refractivity contribution is 6.00. The zero-order valence-corrected chi connectivity index (χ0v) is 24.4. The van der Waals surface area contributed by atoms with Crippen molar-refractivity contribution in [1.82, 2.24) is 19.0 Å². The number of nitrogens with two attached hydrogens (primary N) is 1. The van der Waals surface area contributed by atoms with E-state index in [1.165, 1.54) is 29.4 Å². The van der Waals surface area contributed by atoms with Gasteiger partial charge in [-0.1, -0.05) is 6.07 Å². The number of likely N-dealkylation sites (tertiary alicyclic amines) is 1. The minimum atomic E-state index is 0.0293. The Balaban J connectivity index is 1.12. The lowest BCUT2D eigenvalue weighted by Crippen LogP contribution is -2.66. The molecule has 3 atom stereocenters. The summed E-state index contributed by atoms with van der Waals surface area (Å²) in [6, 6.07) is 13.2. The maximum absolute atomic E-state index is 13.7. The zero-order valence-electron chi connectivity index (χ0n) is 24.4. The number of rotatable bonds is 6. The molecule has 218 valence electrons. The van der Waals surface area contributed by atoms with Gasteiger partial charge >= 0.3 is 0 Å². The largest absolute Gasteiger partial charge is 0.494 e. The van der Waals surface area contributed by atoms with Crippen LogP contribution < -0.4 is 15.4 Å². The highest BCUT2D eigenvalue weighted by atomic mass is 16.5. The van der Waals surface area contributed by atoms with E-state index in [4.69, 9.17) is 20.2 Å². The van der Waals surface area contributed by atoms with E-state index in [0.717, 1.165) is 74.8 Å². The Morgan fingerprint density at radius 1 is 1.12 bits per heavy atom. The number of aromatic nitrogens is 3. The van der Waals surface area contributed by atoms with Crippen molar-refractivity contribution in [3.8, 4) is 17.3 Å². The van der Waals surface area contributed by atoms with E-state index in [1.54, 1.807) is 7.11 Å². The van der Waals surface area contributed by atoms with Crippen molar-refractivity contribution in [2.75, 3.05) is 44.9 Å². The van der Waals surface area contributed by atoms with Gasteiger partial charge in [0, 0.05) is 61.9 Å². The maximum Gasteiger partial charge on any atom is 0.254 e. The Bertz CT molecular complexity index is 1760.